The molecule has 0 radical (unpaired) electrons. The van der Waals surface area contributed by atoms with Crippen molar-refractivity contribution < 1.29 is 18.6 Å². The molecule has 0 aromatic heterocycles. The van der Waals surface area contributed by atoms with Gasteiger partial charge in [-0.3, -0.25) is 4.72 Å². The van der Waals surface area contributed by atoms with Gasteiger partial charge in [0.05, 0.1) is 4.90 Å². The summed E-state index contributed by atoms with van der Waals surface area (Å²) in [4.78, 5) is 0.129. The van der Waals surface area contributed by atoms with Crippen molar-refractivity contribution in [3.8, 4) is 11.5 Å². The highest BCUT2D eigenvalue weighted by Gasteiger charge is 2.26. The van der Waals surface area contributed by atoms with Gasteiger partial charge in [0.15, 0.2) is 0 Å². The third-order valence-corrected chi connectivity index (χ3v) is 6.97. The fraction of sp³-hybridized carbons (Fsp3) is 0.0385. The van der Waals surface area contributed by atoms with Crippen LogP contribution < -0.4 is 4.72 Å². The van der Waals surface area contributed by atoms with Gasteiger partial charge < -0.3 is 10.2 Å². The van der Waals surface area contributed by atoms with E-state index in [1.54, 1.807) is 97.1 Å². The quantitative estimate of drug-likeness (QED) is 0.245. The van der Waals surface area contributed by atoms with Crippen LogP contribution in [0.15, 0.2) is 102 Å². The molecule has 7 heteroatoms. The molecule has 0 heterocycles. The topological polar surface area (TPSA) is 86.6 Å². The zero-order chi connectivity index (χ0) is 23.4. The lowest BCUT2D eigenvalue weighted by Gasteiger charge is -2.22. The van der Waals surface area contributed by atoms with E-state index in [1.165, 1.54) is 5.37 Å². The van der Waals surface area contributed by atoms with Crippen molar-refractivity contribution in [3.05, 3.63) is 119 Å². The predicted octanol–water partition coefficient (Wildman–Crippen LogP) is 5.43. The molecule has 0 fully saturated rings. The highest BCUT2D eigenvalue weighted by Crippen LogP contribution is 2.37. The minimum atomic E-state index is -3.94. The van der Waals surface area contributed by atoms with Crippen molar-refractivity contribution >= 4 is 33.3 Å². The Morgan fingerprint density at radius 2 is 1.33 bits per heavy atom. The minimum absolute atomic E-state index is 0.115. The number of hydrogen-bond donors (Lipinski definition) is 3. The largest absolute Gasteiger partial charge is 0.508 e. The van der Waals surface area contributed by atoms with Gasteiger partial charge in [-0.05, 0) is 64.7 Å². The van der Waals surface area contributed by atoms with Crippen LogP contribution in [-0.4, -0.2) is 24.0 Å². The molecule has 4 aromatic carbocycles. The number of phenolic OH excluding ortho intramolecular Hbond substituents is 2. The number of phenols is 2. The van der Waals surface area contributed by atoms with Crippen LogP contribution in [0.4, 0.5) is 5.69 Å². The predicted molar refractivity (Wildman–Crippen MR) is 134 cm³/mol. The van der Waals surface area contributed by atoms with Crippen molar-refractivity contribution in [1.29, 1.82) is 0 Å². The molecule has 0 bridgehead atoms. The number of anilines is 1. The monoisotopic (exact) mass is 475 g/mol. The first-order valence-electron chi connectivity index (χ1n) is 10.1. The summed E-state index contributed by atoms with van der Waals surface area (Å²) < 4.78 is 29.6. The Kier molecular flexibility index (Phi) is 6.44. The first kappa shape index (κ1) is 22.5. The van der Waals surface area contributed by atoms with Gasteiger partial charge in [0, 0.05) is 17.0 Å². The van der Waals surface area contributed by atoms with Gasteiger partial charge in [-0.2, -0.15) is 0 Å². The molecule has 0 saturated heterocycles. The molecular weight excluding hydrogens is 454 g/mol. The van der Waals surface area contributed by atoms with Gasteiger partial charge in [-0.1, -0.05) is 66.8 Å². The number of thiocarbonyl (C=S) groups is 1. The smallest absolute Gasteiger partial charge is 0.262 e. The highest BCUT2D eigenvalue weighted by molar-refractivity contribution is 7.92. The highest BCUT2D eigenvalue weighted by atomic mass is 32.2. The molecule has 0 aliphatic rings. The average molecular weight is 476 g/mol. The second-order valence-electron chi connectivity index (χ2n) is 7.50. The molecule has 33 heavy (non-hydrogen) atoms. The van der Waals surface area contributed by atoms with E-state index >= 15 is 0 Å². The van der Waals surface area contributed by atoms with E-state index < -0.39 is 15.9 Å². The van der Waals surface area contributed by atoms with Gasteiger partial charge in [0.1, 0.15) is 11.5 Å². The van der Waals surface area contributed by atoms with Crippen LogP contribution >= 0.6 is 12.2 Å². The number of hydrogen-bond acceptors (Lipinski definition) is 5. The number of benzene rings is 4. The minimum Gasteiger partial charge on any atom is -0.508 e. The molecule has 0 saturated carbocycles. The van der Waals surface area contributed by atoms with Gasteiger partial charge in [0.25, 0.3) is 10.0 Å². The normalized spacial score (nSPS) is 11.3. The Balaban J connectivity index is 1.84. The fourth-order valence-electron chi connectivity index (χ4n) is 3.73. The molecule has 0 spiro atoms. The zero-order valence-electron chi connectivity index (χ0n) is 17.4. The third-order valence-electron chi connectivity index (χ3n) is 5.25. The van der Waals surface area contributed by atoms with Crippen LogP contribution in [0.1, 0.15) is 28.2 Å². The van der Waals surface area contributed by atoms with E-state index in [0.717, 1.165) is 16.7 Å². The SMILES string of the molecule is O=S(=O)(Nc1cccc(C=S)c1)c1ccccc1C(c1ccc(O)cc1)c1ccc(O)cc1. The Labute approximate surface area is 198 Å². The molecule has 0 amide bonds. The van der Waals surface area contributed by atoms with E-state index in [2.05, 4.69) is 4.72 Å². The molecule has 4 aromatic rings. The first-order chi connectivity index (χ1) is 15.9. The van der Waals surface area contributed by atoms with Crippen LogP contribution in [0.3, 0.4) is 0 Å². The summed E-state index contributed by atoms with van der Waals surface area (Å²) in [7, 11) is -3.94. The summed E-state index contributed by atoms with van der Waals surface area (Å²) in [6.45, 7) is 0. The second kappa shape index (κ2) is 9.44. The van der Waals surface area contributed by atoms with E-state index in [9.17, 15) is 18.6 Å². The van der Waals surface area contributed by atoms with Crippen molar-refractivity contribution in [2.45, 2.75) is 10.8 Å². The molecule has 0 unspecified atom stereocenters. The second-order valence-corrected chi connectivity index (χ2v) is 9.39. The van der Waals surface area contributed by atoms with Crippen molar-refractivity contribution in [1.82, 2.24) is 0 Å². The van der Waals surface area contributed by atoms with Gasteiger partial charge >= 0.3 is 0 Å². The van der Waals surface area contributed by atoms with Crippen LogP contribution in [0.2, 0.25) is 0 Å². The summed E-state index contributed by atoms with van der Waals surface area (Å²) in [5.41, 5.74) is 3.29. The first-order valence-corrected chi connectivity index (χ1v) is 12.1. The number of aromatic hydroxyl groups is 2. The molecule has 0 atom stereocenters. The lowest BCUT2D eigenvalue weighted by Crippen LogP contribution is -2.17. The molecule has 0 aliphatic heterocycles. The summed E-state index contributed by atoms with van der Waals surface area (Å²) in [6.07, 6.45) is 0. The lowest BCUT2D eigenvalue weighted by molar-refractivity contribution is 0.475. The van der Waals surface area contributed by atoms with Gasteiger partial charge in [-0.15, -0.1) is 0 Å². The Morgan fingerprint density at radius 1 is 0.758 bits per heavy atom. The summed E-state index contributed by atoms with van der Waals surface area (Å²) in [5.74, 6) is -0.223. The molecular formula is C26H21NO4S2. The average Bonchev–Trinajstić information content (AvgIpc) is 2.82. The molecule has 0 aliphatic carbocycles. The number of rotatable bonds is 7. The number of nitrogens with one attached hydrogen (secondary N) is 1. The Hall–Kier alpha value is -3.68. The van der Waals surface area contributed by atoms with Crippen LogP contribution in [0, 0.1) is 0 Å². The van der Waals surface area contributed by atoms with E-state index in [4.69, 9.17) is 12.2 Å². The molecule has 3 N–H and O–H groups in total. The van der Waals surface area contributed by atoms with Crippen molar-refractivity contribution in [2.75, 3.05) is 4.72 Å². The maximum absolute atomic E-state index is 13.5. The van der Waals surface area contributed by atoms with Crippen LogP contribution in [0.25, 0.3) is 0 Å². The van der Waals surface area contributed by atoms with Gasteiger partial charge in [0.2, 0.25) is 0 Å². The Morgan fingerprint density at radius 3 is 1.91 bits per heavy atom. The molecule has 4 rings (SSSR count). The van der Waals surface area contributed by atoms with Crippen molar-refractivity contribution in [2.24, 2.45) is 0 Å². The zero-order valence-corrected chi connectivity index (χ0v) is 19.1. The summed E-state index contributed by atoms with van der Waals surface area (Å²) >= 11 is 4.96. The van der Waals surface area contributed by atoms with Gasteiger partial charge in [-0.25, -0.2) is 8.42 Å². The van der Waals surface area contributed by atoms with Crippen LogP contribution in [-0.2, 0) is 10.0 Å². The molecule has 166 valence electrons. The van der Waals surface area contributed by atoms with Crippen molar-refractivity contribution in [3.63, 3.8) is 0 Å². The van der Waals surface area contributed by atoms with E-state index in [-0.39, 0.29) is 16.4 Å². The maximum Gasteiger partial charge on any atom is 0.262 e. The van der Waals surface area contributed by atoms with E-state index in [0.29, 0.717) is 11.3 Å². The maximum atomic E-state index is 13.5. The van der Waals surface area contributed by atoms with Crippen LogP contribution in [0.5, 0.6) is 11.5 Å². The fourth-order valence-corrected chi connectivity index (χ4v) is 5.18. The summed E-state index contributed by atoms with van der Waals surface area (Å²) in [6, 6.07) is 26.9. The summed E-state index contributed by atoms with van der Waals surface area (Å²) in [5, 5.41) is 21.0. The number of sulfonamides is 1. The lowest BCUT2D eigenvalue weighted by atomic mass is 9.85. The molecule has 5 nitrogen and oxygen atoms in total. The van der Waals surface area contributed by atoms with E-state index in [1.807, 2.05) is 0 Å². The standard InChI is InChI=1S/C26H21NO4S2/c28-22-12-8-19(9-13-22)26(20-10-14-23(29)15-11-20)24-6-1-2-7-25(24)33(30,31)27-21-5-3-4-18(16-21)17-32/h1-17,26-29H. The Bertz CT molecular complexity index is 1340. The third kappa shape index (κ3) is 5.05.